The van der Waals surface area contributed by atoms with E-state index >= 15 is 0 Å². The van der Waals surface area contributed by atoms with Crippen LogP contribution in [0.4, 0.5) is 0 Å². The van der Waals surface area contributed by atoms with Gasteiger partial charge in [-0.15, -0.1) is 0 Å². The van der Waals surface area contributed by atoms with Gasteiger partial charge < -0.3 is 19.8 Å². The maximum absolute atomic E-state index is 10.2. The van der Waals surface area contributed by atoms with Crippen molar-refractivity contribution in [2.75, 3.05) is 0 Å². The van der Waals surface area contributed by atoms with E-state index in [0.29, 0.717) is 0 Å². The number of hydrogen-bond donors (Lipinski definition) is 0. The van der Waals surface area contributed by atoms with Gasteiger partial charge in [0.15, 0.2) is 0 Å². The zero-order chi connectivity index (χ0) is 29.8. The van der Waals surface area contributed by atoms with E-state index in [1.165, 1.54) is 167 Å². The Bertz CT molecular complexity index is 454. The van der Waals surface area contributed by atoms with Crippen LogP contribution in [0, 0.1) is 0 Å². The fourth-order valence-corrected chi connectivity index (χ4v) is 5.28. The van der Waals surface area contributed by atoms with Gasteiger partial charge in [0.1, 0.15) is 0 Å². The van der Waals surface area contributed by atoms with Crippen LogP contribution < -0.4 is 10.2 Å². The average Bonchev–Trinajstić information content (AvgIpc) is 2.93. The molecule has 0 amide bonds. The van der Waals surface area contributed by atoms with Gasteiger partial charge in [0.2, 0.25) is 0 Å². The summed E-state index contributed by atoms with van der Waals surface area (Å²) in [6, 6.07) is 0. The van der Waals surface area contributed by atoms with Crippen LogP contribution in [0.5, 0.6) is 0 Å². The molecule has 5 heteroatoms. The van der Waals surface area contributed by atoms with Crippen LogP contribution in [-0.4, -0.2) is 35.8 Å². The van der Waals surface area contributed by atoms with Crippen LogP contribution in [0.3, 0.4) is 0 Å². The summed E-state index contributed by atoms with van der Waals surface area (Å²) in [5.41, 5.74) is 0. The first-order valence-electron chi connectivity index (χ1n) is 17.9. The van der Waals surface area contributed by atoms with E-state index in [1.807, 2.05) is 0 Å². The molecule has 0 bridgehead atoms. The summed E-state index contributed by atoms with van der Waals surface area (Å²) in [6.07, 6.45) is 39.7. The van der Waals surface area contributed by atoms with Crippen molar-refractivity contribution in [3.05, 3.63) is 0 Å². The van der Waals surface area contributed by atoms with Crippen LogP contribution in [-0.2, 0) is 9.59 Å². The van der Waals surface area contributed by atoms with Gasteiger partial charge in [-0.25, -0.2) is 0 Å². The predicted molar refractivity (Wildman–Crippen MR) is 178 cm³/mol. The molecule has 0 unspecified atom stereocenters. The molecule has 0 saturated heterocycles. The van der Waals surface area contributed by atoms with Crippen LogP contribution in [0.15, 0.2) is 0 Å². The van der Waals surface area contributed by atoms with Crippen molar-refractivity contribution in [3.63, 3.8) is 0 Å². The van der Waals surface area contributed by atoms with Gasteiger partial charge in [0, 0.05) is 11.9 Å². The number of carbonyl (C=O) groups is 2. The van der Waals surface area contributed by atoms with Crippen molar-refractivity contribution >= 4 is 35.8 Å². The number of carboxylic acid groups (broad SMARTS) is 2. The Labute approximate surface area is 274 Å². The molecule has 0 aliphatic carbocycles. The first-order chi connectivity index (χ1) is 19.5. The van der Waals surface area contributed by atoms with Crippen molar-refractivity contribution in [1.82, 2.24) is 0 Å². The normalized spacial score (nSPS) is 10.6. The number of unbranched alkanes of at least 4 members (excludes halogenated alkanes) is 28. The predicted octanol–water partition coefficient (Wildman–Crippen LogP) is 9.08. The third-order valence-electron chi connectivity index (χ3n) is 7.97. The summed E-state index contributed by atoms with van der Waals surface area (Å²) >= 11 is 0. The SMILES string of the molecule is CCCCCCCCCCCCCCCCCC(=O)[O-].CCCCCCCCCCCCCCCCCC(=O)[O-].[SnH2+2]. The third kappa shape index (κ3) is 49.7. The molecule has 0 saturated carbocycles. The zero-order valence-electron chi connectivity index (χ0n) is 28.0. The van der Waals surface area contributed by atoms with Gasteiger partial charge in [-0.05, 0) is 25.7 Å². The Morgan fingerprint density at radius 1 is 0.317 bits per heavy atom. The summed E-state index contributed by atoms with van der Waals surface area (Å²) in [7, 11) is 0. The molecule has 41 heavy (non-hydrogen) atoms. The van der Waals surface area contributed by atoms with Crippen molar-refractivity contribution in [2.45, 2.75) is 219 Å². The molecule has 0 aromatic carbocycles. The number of carbonyl (C=O) groups excluding carboxylic acids is 2. The van der Waals surface area contributed by atoms with Gasteiger partial charge in [-0.3, -0.25) is 0 Å². The Hall–Kier alpha value is -0.261. The molecule has 0 N–H and O–H groups in total. The van der Waals surface area contributed by atoms with Gasteiger partial charge in [-0.1, -0.05) is 194 Å². The molecule has 0 aliphatic heterocycles. The number of carboxylic acids is 2. The standard InChI is InChI=1S/2C18H36O2.Sn.2H/c2*1-2-3-4-5-6-7-8-9-10-11-12-13-14-15-16-17-18(19)20;;;/h2*2-17H2,1H3,(H,19,20);;;/q;;+2;;/p-2. The Morgan fingerprint density at radius 2 is 0.463 bits per heavy atom. The van der Waals surface area contributed by atoms with Crippen LogP contribution in [0.25, 0.3) is 0 Å². The minimum absolute atomic E-state index is 0. The van der Waals surface area contributed by atoms with E-state index in [4.69, 9.17) is 0 Å². The number of rotatable bonds is 32. The zero-order valence-corrected chi connectivity index (χ0v) is 32.0. The molecule has 0 atom stereocenters. The van der Waals surface area contributed by atoms with E-state index in [0.717, 1.165) is 25.7 Å². The summed E-state index contributed by atoms with van der Waals surface area (Å²) in [4.78, 5) is 20.4. The summed E-state index contributed by atoms with van der Waals surface area (Å²) in [5.74, 6) is -1.81. The first-order valence-corrected chi connectivity index (χ1v) is 17.9. The molecule has 0 rings (SSSR count). The molecule has 0 aliphatic rings. The van der Waals surface area contributed by atoms with Crippen LogP contribution in [0.2, 0.25) is 0 Å². The molecule has 0 fully saturated rings. The van der Waals surface area contributed by atoms with E-state index < -0.39 is 11.9 Å². The molecule has 0 spiro atoms. The van der Waals surface area contributed by atoms with E-state index in [9.17, 15) is 19.8 Å². The second kappa shape index (κ2) is 41.9. The second-order valence-electron chi connectivity index (χ2n) is 12.1. The molecular formula is C36H72O4Sn. The van der Waals surface area contributed by atoms with Crippen molar-refractivity contribution < 1.29 is 19.8 Å². The van der Waals surface area contributed by atoms with Crippen molar-refractivity contribution in [1.29, 1.82) is 0 Å². The fourth-order valence-electron chi connectivity index (χ4n) is 5.28. The minimum atomic E-state index is -0.903. The molecule has 0 aromatic heterocycles. The van der Waals surface area contributed by atoms with Crippen molar-refractivity contribution in [3.8, 4) is 0 Å². The average molecular weight is 688 g/mol. The van der Waals surface area contributed by atoms with Gasteiger partial charge in [-0.2, -0.15) is 0 Å². The Kier molecular flexibility index (Phi) is 46.1. The van der Waals surface area contributed by atoms with Crippen molar-refractivity contribution in [2.24, 2.45) is 0 Å². The molecule has 0 heterocycles. The third-order valence-corrected chi connectivity index (χ3v) is 7.97. The van der Waals surface area contributed by atoms with Crippen LogP contribution in [0.1, 0.15) is 219 Å². The topological polar surface area (TPSA) is 80.3 Å². The molecule has 4 nitrogen and oxygen atoms in total. The Morgan fingerprint density at radius 3 is 0.610 bits per heavy atom. The fraction of sp³-hybridized carbons (Fsp3) is 0.944. The maximum atomic E-state index is 10.2. The van der Waals surface area contributed by atoms with Gasteiger partial charge in [0.25, 0.3) is 0 Å². The van der Waals surface area contributed by atoms with E-state index in [2.05, 4.69) is 13.8 Å². The van der Waals surface area contributed by atoms with Gasteiger partial charge >= 0.3 is 23.9 Å². The van der Waals surface area contributed by atoms with E-state index in [-0.39, 0.29) is 36.7 Å². The quantitative estimate of drug-likeness (QED) is 0.0522. The second-order valence-corrected chi connectivity index (χ2v) is 12.1. The number of hydrogen-bond acceptors (Lipinski definition) is 4. The van der Waals surface area contributed by atoms with Crippen LogP contribution >= 0.6 is 0 Å². The van der Waals surface area contributed by atoms with E-state index in [1.54, 1.807) is 0 Å². The summed E-state index contributed by atoms with van der Waals surface area (Å²) < 4.78 is 0. The molecule has 0 radical (unpaired) electrons. The summed E-state index contributed by atoms with van der Waals surface area (Å²) in [5, 5.41) is 20.4. The molecular weight excluding hydrogens is 615 g/mol. The first kappa shape index (κ1) is 45.2. The number of aliphatic carboxylic acids is 2. The summed E-state index contributed by atoms with van der Waals surface area (Å²) in [6.45, 7) is 4.53. The Balaban J connectivity index is -0.000000688. The molecule has 0 aromatic rings. The monoisotopic (exact) mass is 688 g/mol. The van der Waals surface area contributed by atoms with Gasteiger partial charge in [0.05, 0.1) is 0 Å². The molecule has 244 valence electrons.